The maximum Gasteiger partial charge on any atom is 0.282 e. The van der Waals surface area contributed by atoms with Crippen LogP contribution in [0.25, 0.3) is 11.6 Å². The molecule has 4 aromatic rings. The zero-order valence-electron chi connectivity index (χ0n) is 15.2. The van der Waals surface area contributed by atoms with E-state index in [1.54, 1.807) is 24.5 Å². The van der Waals surface area contributed by atoms with E-state index in [1.165, 1.54) is 35.2 Å². The first-order chi connectivity index (χ1) is 14.1. The highest BCUT2D eigenvalue weighted by Crippen LogP contribution is 2.26. The minimum atomic E-state index is -0.318. The number of benzene rings is 1. The van der Waals surface area contributed by atoms with Crippen LogP contribution in [0.1, 0.15) is 20.4 Å². The first-order valence-electron chi connectivity index (χ1n) is 8.51. The maximum atomic E-state index is 12.9. The van der Waals surface area contributed by atoms with Crippen LogP contribution in [0, 0.1) is 5.82 Å². The summed E-state index contributed by atoms with van der Waals surface area (Å²) in [7, 11) is 1.86. The lowest BCUT2D eigenvalue weighted by atomic mass is 10.2. The number of halogens is 1. The average molecular weight is 430 g/mol. The summed E-state index contributed by atoms with van der Waals surface area (Å²) in [6.45, 7) is 0.289. The number of aromatic nitrogens is 5. The number of hydrogen-bond donors (Lipinski definition) is 1. The molecule has 0 unspecified atom stereocenters. The van der Waals surface area contributed by atoms with Gasteiger partial charge in [0.15, 0.2) is 16.7 Å². The zero-order chi connectivity index (χ0) is 20.2. The van der Waals surface area contributed by atoms with Gasteiger partial charge in [0.1, 0.15) is 10.8 Å². The van der Waals surface area contributed by atoms with E-state index in [4.69, 9.17) is 4.42 Å². The van der Waals surface area contributed by atoms with Crippen LogP contribution < -0.4 is 5.32 Å². The quantitative estimate of drug-likeness (QED) is 0.449. The molecule has 8 nitrogen and oxygen atoms in total. The molecule has 0 saturated carbocycles. The Morgan fingerprint density at radius 3 is 2.79 bits per heavy atom. The lowest BCUT2D eigenvalue weighted by Crippen LogP contribution is -2.22. The van der Waals surface area contributed by atoms with E-state index in [-0.39, 0.29) is 23.3 Å². The van der Waals surface area contributed by atoms with Crippen LogP contribution in [0.5, 0.6) is 0 Å². The molecule has 0 aliphatic rings. The van der Waals surface area contributed by atoms with Crippen LogP contribution in [0.4, 0.5) is 4.39 Å². The van der Waals surface area contributed by atoms with Crippen LogP contribution in [0.15, 0.2) is 52.2 Å². The molecule has 1 N–H and O–H groups in total. The second-order valence-electron chi connectivity index (χ2n) is 5.94. The first-order valence-corrected chi connectivity index (χ1v) is 10.3. The zero-order valence-corrected chi connectivity index (χ0v) is 16.8. The van der Waals surface area contributed by atoms with Gasteiger partial charge in [-0.3, -0.25) is 4.79 Å². The molecule has 1 aromatic carbocycles. The van der Waals surface area contributed by atoms with Gasteiger partial charge in [-0.15, -0.1) is 20.4 Å². The van der Waals surface area contributed by atoms with Crippen molar-refractivity contribution in [2.45, 2.75) is 17.5 Å². The standard InChI is InChI=1S/C18H15FN6O2S2/c1-25-15(13-3-2-8-27-13)22-24-18(25)28-10-14-21-23-17(29-14)16(26)20-9-11-4-6-12(19)7-5-11/h2-8H,9-10H2,1H3,(H,20,26). The van der Waals surface area contributed by atoms with Gasteiger partial charge in [-0.2, -0.15) is 0 Å². The Balaban J connectivity index is 1.33. The van der Waals surface area contributed by atoms with E-state index in [0.29, 0.717) is 27.5 Å². The van der Waals surface area contributed by atoms with Gasteiger partial charge in [0.05, 0.1) is 12.0 Å². The van der Waals surface area contributed by atoms with Crippen molar-refractivity contribution < 1.29 is 13.6 Å². The summed E-state index contributed by atoms with van der Waals surface area (Å²) in [5, 5.41) is 20.7. The molecule has 3 aromatic heterocycles. The van der Waals surface area contributed by atoms with E-state index in [1.807, 2.05) is 17.7 Å². The Morgan fingerprint density at radius 2 is 2.03 bits per heavy atom. The number of furan rings is 1. The van der Waals surface area contributed by atoms with Crippen molar-refractivity contribution in [3.8, 4) is 11.6 Å². The molecule has 0 aliphatic carbocycles. The average Bonchev–Trinajstić information content (AvgIpc) is 3.47. The Morgan fingerprint density at radius 1 is 1.21 bits per heavy atom. The normalized spacial score (nSPS) is 11.0. The topological polar surface area (TPSA) is 98.7 Å². The molecule has 148 valence electrons. The third kappa shape index (κ3) is 4.51. The van der Waals surface area contributed by atoms with Crippen LogP contribution in [-0.2, 0) is 19.3 Å². The number of nitrogens with one attached hydrogen (secondary N) is 1. The summed E-state index contributed by atoms with van der Waals surface area (Å²) in [5.41, 5.74) is 0.801. The molecular weight excluding hydrogens is 415 g/mol. The van der Waals surface area contributed by atoms with Gasteiger partial charge in [0.2, 0.25) is 5.01 Å². The van der Waals surface area contributed by atoms with Crippen molar-refractivity contribution in [1.82, 2.24) is 30.3 Å². The van der Waals surface area contributed by atoms with E-state index < -0.39 is 0 Å². The third-order valence-electron chi connectivity index (χ3n) is 3.93. The number of nitrogens with zero attached hydrogens (tertiary/aromatic N) is 5. The van der Waals surface area contributed by atoms with Gasteiger partial charge < -0.3 is 14.3 Å². The Bertz CT molecular complexity index is 1110. The summed E-state index contributed by atoms with van der Waals surface area (Å²) < 4.78 is 20.1. The fraction of sp³-hybridized carbons (Fsp3) is 0.167. The highest BCUT2D eigenvalue weighted by atomic mass is 32.2. The monoisotopic (exact) mass is 430 g/mol. The summed E-state index contributed by atoms with van der Waals surface area (Å²) in [4.78, 5) is 12.2. The number of hydrogen-bond acceptors (Lipinski definition) is 8. The Kier molecular flexibility index (Phi) is 5.67. The minimum Gasteiger partial charge on any atom is -0.461 e. The molecule has 0 atom stereocenters. The number of thioether (sulfide) groups is 1. The molecular formula is C18H15FN6O2S2. The molecule has 29 heavy (non-hydrogen) atoms. The third-order valence-corrected chi connectivity index (χ3v) is 6.06. The molecule has 0 radical (unpaired) electrons. The summed E-state index contributed by atoms with van der Waals surface area (Å²) >= 11 is 2.66. The molecule has 0 spiro atoms. The van der Waals surface area contributed by atoms with Crippen molar-refractivity contribution in [2.24, 2.45) is 7.05 Å². The van der Waals surface area contributed by atoms with Gasteiger partial charge in [0, 0.05) is 13.6 Å². The Hall–Kier alpha value is -3.05. The van der Waals surface area contributed by atoms with Gasteiger partial charge in [0.25, 0.3) is 5.91 Å². The van der Waals surface area contributed by atoms with E-state index >= 15 is 0 Å². The number of carbonyl (C=O) groups is 1. The van der Waals surface area contributed by atoms with Crippen LogP contribution in [0.3, 0.4) is 0 Å². The Labute approximate surface area is 173 Å². The van der Waals surface area contributed by atoms with E-state index in [9.17, 15) is 9.18 Å². The van der Waals surface area contributed by atoms with Gasteiger partial charge in [-0.25, -0.2) is 4.39 Å². The molecule has 0 saturated heterocycles. The highest BCUT2D eigenvalue weighted by molar-refractivity contribution is 7.98. The maximum absolute atomic E-state index is 12.9. The number of rotatable bonds is 7. The fourth-order valence-corrected chi connectivity index (χ4v) is 4.10. The molecule has 1 amide bonds. The molecule has 4 rings (SSSR count). The second kappa shape index (κ2) is 8.53. The number of carbonyl (C=O) groups excluding carboxylic acids is 1. The van der Waals surface area contributed by atoms with Crippen molar-refractivity contribution in [3.05, 3.63) is 64.1 Å². The van der Waals surface area contributed by atoms with E-state index in [0.717, 1.165) is 5.56 Å². The number of amides is 1. The summed E-state index contributed by atoms with van der Waals surface area (Å²) in [5.74, 6) is 1.15. The minimum absolute atomic E-state index is 0.275. The second-order valence-corrected chi connectivity index (χ2v) is 7.95. The van der Waals surface area contributed by atoms with Crippen LogP contribution in [-0.4, -0.2) is 30.9 Å². The predicted octanol–water partition coefficient (Wildman–Crippen LogP) is 3.29. The highest BCUT2D eigenvalue weighted by Gasteiger charge is 2.16. The summed E-state index contributed by atoms with van der Waals surface area (Å²) in [6, 6.07) is 9.56. The van der Waals surface area contributed by atoms with Crippen molar-refractivity contribution in [1.29, 1.82) is 0 Å². The predicted molar refractivity (Wildman–Crippen MR) is 106 cm³/mol. The van der Waals surface area contributed by atoms with Crippen molar-refractivity contribution in [2.75, 3.05) is 0 Å². The SMILES string of the molecule is Cn1c(SCc2nnc(C(=O)NCc3ccc(F)cc3)s2)nnc1-c1ccco1. The van der Waals surface area contributed by atoms with Crippen LogP contribution in [0.2, 0.25) is 0 Å². The summed E-state index contributed by atoms with van der Waals surface area (Å²) in [6.07, 6.45) is 1.58. The van der Waals surface area contributed by atoms with Crippen molar-refractivity contribution >= 4 is 29.0 Å². The van der Waals surface area contributed by atoms with Crippen LogP contribution >= 0.6 is 23.1 Å². The molecule has 0 fully saturated rings. The smallest absolute Gasteiger partial charge is 0.282 e. The van der Waals surface area contributed by atoms with Gasteiger partial charge in [-0.05, 0) is 29.8 Å². The van der Waals surface area contributed by atoms with E-state index in [2.05, 4.69) is 25.7 Å². The van der Waals surface area contributed by atoms with Gasteiger partial charge in [-0.1, -0.05) is 35.2 Å². The van der Waals surface area contributed by atoms with Crippen molar-refractivity contribution in [3.63, 3.8) is 0 Å². The molecule has 11 heteroatoms. The van der Waals surface area contributed by atoms with Gasteiger partial charge >= 0.3 is 0 Å². The molecule has 3 heterocycles. The molecule has 0 aliphatic heterocycles. The first kappa shape index (κ1) is 19.3. The lowest BCUT2D eigenvalue weighted by Gasteiger charge is -2.02. The molecule has 0 bridgehead atoms. The largest absolute Gasteiger partial charge is 0.461 e. The fourth-order valence-electron chi connectivity index (χ4n) is 2.45. The lowest BCUT2D eigenvalue weighted by molar-refractivity contribution is 0.0950.